The number of anilines is 1. The van der Waals surface area contributed by atoms with E-state index in [2.05, 4.69) is 10.3 Å². The number of fused-ring (bicyclic) bond motifs is 1. The highest BCUT2D eigenvalue weighted by molar-refractivity contribution is 6.30. The lowest BCUT2D eigenvalue weighted by Crippen LogP contribution is -2.08. The van der Waals surface area contributed by atoms with E-state index in [1.807, 2.05) is 35.0 Å². The minimum absolute atomic E-state index is 0.652. The van der Waals surface area contributed by atoms with Crippen molar-refractivity contribution in [1.82, 2.24) is 14.8 Å². The van der Waals surface area contributed by atoms with Gasteiger partial charge in [0.1, 0.15) is 17.3 Å². The Morgan fingerprint density at radius 1 is 1.16 bits per heavy atom. The molecule has 128 valence electrons. The Kier molecular flexibility index (Phi) is 4.32. The van der Waals surface area contributed by atoms with E-state index in [9.17, 15) is 0 Å². The molecule has 3 aromatic rings. The lowest BCUT2D eigenvalue weighted by Gasteiger charge is -2.13. The van der Waals surface area contributed by atoms with Crippen molar-refractivity contribution < 1.29 is 4.74 Å². The number of halogens is 1. The van der Waals surface area contributed by atoms with Crippen LogP contribution in [0.4, 0.5) is 5.82 Å². The van der Waals surface area contributed by atoms with E-state index in [1.165, 1.54) is 5.56 Å². The van der Waals surface area contributed by atoms with Gasteiger partial charge in [0.05, 0.1) is 12.8 Å². The molecule has 1 aliphatic rings. The van der Waals surface area contributed by atoms with Gasteiger partial charge < -0.3 is 10.1 Å². The average Bonchev–Trinajstić information content (AvgIpc) is 2.83. The number of hydrogen-bond acceptors (Lipinski definition) is 4. The van der Waals surface area contributed by atoms with E-state index in [1.54, 1.807) is 19.5 Å². The second-order valence-electron chi connectivity index (χ2n) is 6.02. The Morgan fingerprint density at radius 3 is 2.80 bits per heavy atom. The number of benzene rings is 1. The predicted molar refractivity (Wildman–Crippen MR) is 99.8 cm³/mol. The van der Waals surface area contributed by atoms with Crippen molar-refractivity contribution in [3.05, 3.63) is 53.3 Å². The molecule has 4 rings (SSSR count). The lowest BCUT2D eigenvalue weighted by molar-refractivity contribution is 0.412. The number of aromatic nitrogens is 3. The van der Waals surface area contributed by atoms with E-state index in [-0.39, 0.29) is 0 Å². The van der Waals surface area contributed by atoms with Gasteiger partial charge >= 0.3 is 0 Å². The molecule has 0 unspecified atom stereocenters. The van der Waals surface area contributed by atoms with Gasteiger partial charge in [-0.3, -0.25) is 4.98 Å². The van der Waals surface area contributed by atoms with Crippen molar-refractivity contribution in [2.75, 3.05) is 19.0 Å². The third-order valence-electron chi connectivity index (χ3n) is 4.45. The van der Waals surface area contributed by atoms with Crippen LogP contribution in [0.3, 0.4) is 0 Å². The van der Waals surface area contributed by atoms with Crippen molar-refractivity contribution in [3.63, 3.8) is 0 Å². The predicted octanol–water partition coefficient (Wildman–Crippen LogP) is 4.34. The molecule has 0 saturated heterocycles. The first kappa shape index (κ1) is 16.0. The van der Waals surface area contributed by atoms with Gasteiger partial charge in [0, 0.05) is 35.1 Å². The zero-order chi connectivity index (χ0) is 17.2. The van der Waals surface area contributed by atoms with Gasteiger partial charge in [0.2, 0.25) is 0 Å². The fraction of sp³-hybridized carbons (Fsp3) is 0.263. The van der Waals surface area contributed by atoms with Gasteiger partial charge in [-0.2, -0.15) is 5.10 Å². The molecule has 0 fully saturated rings. The first-order valence-corrected chi connectivity index (χ1v) is 8.76. The second kappa shape index (κ2) is 6.76. The Bertz CT molecular complexity index is 892. The molecule has 25 heavy (non-hydrogen) atoms. The zero-order valence-electron chi connectivity index (χ0n) is 14.0. The summed E-state index contributed by atoms with van der Waals surface area (Å²) in [5.41, 5.74) is 4.11. The van der Waals surface area contributed by atoms with Crippen molar-refractivity contribution in [1.29, 1.82) is 0 Å². The topological polar surface area (TPSA) is 52.0 Å². The molecular formula is C19H19ClN4O. The first-order valence-electron chi connectivity index (χ1n) is 8.38. The molecular weight excluding hydrogens is 336 g/mol. The molecule has 2 aromatic heterocycles. The summed E-state index contributed by atoms with van der Waals surface area (Å²) in [7, 11) is 1.66. The van der Waals surface area contributed by atoms with E-state index in [0.717, 1.165) is 54.3 Å². The van der Waals surface area contributed by atoms with E-state index >= 15 is 0 Å². The van der Waals surface area contributed by atoms with Crippen LogP contribution in [0.2, 0.25) is 5.02 Å². The highest BCUT2D eigenvalue weighted by Gasteiger charge is 2.23. The number of nitrogens with one attached hydrogen (secondary N) is 1. The van der Waals surface area contributed by atoms with Crippen molar-refractivity contribution in [3.8, 4) is 22.7 Å². The number of nitrogens with zero attached hydrogens (tertiary/aromatic N) is 3. The van der Waals surface area contributed by atoms with Crippen LogP contribution >= 0.6 is 11.6 Å². The van der Waals surface area contributed by atoms with Crippen LogP contribution in [-0.4, -0.2) is 28.4 Å². The van der Waals surface area contributed by atoms with Gasteiger partial charge in [-0.25, -0.2) is 4.68 Å². The molecule has 1 aromatic carbocycles. The van der Waals surface area contributed by atoms with Crippen LogP contribution in [-0.2, 0) is 6.42 Å². The SMILES string of the molecule is COc1ccc(Cl)cc1-n1nc(-c2ccncc2)c2c1NCCCC2. The minimum Gasteiger partial charge on any atom is -0.494 e. The minimum atomic E-state index is 0.652. The maximum absolute atomic E-state index is 6.24. The van der Waals surface area contributed by atoms with Crippen molar-refractivity contribution >= 4 is 17.4 Å². The summed E-state index contributed by atoms with van der Waals surface area (Å²) in [5, 5.41) is 9.10. The van der Waals surface area contributed by atoms with Crippen LogP contribution in [0.1, 0.15) is 18.4 Å². The Balaban J connectivity index is 1.95. The fourth-order valence-corrected chi connectivity index (χ4v) is 3.41. The van der Waals surface area contributed by atoms with E-state index in [4.69, 9.17) is 21.4 Å². The summed E-state index contributed by atoms with van der Waals surface area (Å²) in [6.45, 7) is 0.928. The molecule has 0 spiro atoms. The molecule has 5 nitrogen and oxygen atoms in total. The first-order chi connectivity index (χ1) is 12.3. The molecule has 0 radical (unpaired) electrons. The molecule has 1 aliphatic heterocycles. The number of rotatable bonds is 3. The van der Waals surface area contributed by atoms with E-state index < -0.39 is 0 Å². The van der Waals surface area contributed by atoms with Gasteiger partial charge in [-0.15, -0.1) is 0 Å². The Labute approximate surface area is 151 Å². The standard InChI is InChI=1S/C19H19ClN4O/c1-25-17-6-5-14(20)12-16(17)24-19-15(4-2-3-9-22-19)18(23-24)13-7-10-21-11-8-13/h5-8,10-12,22H,2-4,9H2,1H3. The average molecular weight is 355 g/mol. The van der Waals surface area contributed by atoms with Crippen LogP contribution < -0.4 is 10.1 Å². The number of hydrogen-bond donors (Lipinski definition) is 1. The molecule has 3 heterocycles. The number of methoxy groups -OCH3 is 1. The largest absolute Gasteiger partial charge is 0.494 e. The Morgan fingerprint density at radius 2 is 2.00 bits per heavy atom. The molecule has 6 heteroatoms. The molecule has 0 bridgehead atoms. The fourth-order valence-electron chi connectivity index (χ4n) is 3.25. The molecule has 1 N–H and O–H groups in total. The van der Waals surface area contributed by atoms with E-state index in [0.29, 0.717) is 5.02 Å². The molecule has 0 aliphatic carbocycles. The smallest absolute Gasteiger partial charge is 0.144 e. The van der Waals surface area contributed by atoms with Gasteiger partial charge in [-0.05, 0) is 49.6 Å². The quantitative estimate of drug-likeness (QED) is 0.760. The summed E-state index contributed by atoms with van der Waals surface area (Å²) >= 11 is 6.24. The summed E-state index contributed by atoms with van der Waals surface area (Å²) in [5.74, 6) is 1.76. The third-order valence-corrected chi connectivity index (χ3v) is 4.69. The van der Waals surface area contributed by atoms with Crippen LogP contribution in [0.25, 0.3) is 16.9 Å². The van der Waals surface area contributed by atoms with Crippen LogP contribution in [0.5, 0.6) is 5.75 Å². The van der Waals surface area contributed by atoms with Gasteiger partial charge in [-0.1, -0.05) is 11.6 Å². The van der Waals surface area contributed by atoms with Crippen LogP contribution in [0.15, 0.2) is 42.7 Å². The lowest BCUT2D eigenvalue weighted by atomic mass is 10.0. The van der Waals surface area contributed by atoms with Crippen molar-refractivity contribution in [2.45, 2.75) is 19.3 Å². The summed E-state index contributed by atoms with van der Waals surface area (Å²) in [6, 6.07) is 9.56. The number of pyridine rings is 1. The maximum atomic E-state index is 6.24. The van der Waals surface area contributed by atoms with Crippen LogP contribution in [0, 0.1) is 0 Å². The Hall–Kier alpha value is -2.53. The summed E-state index contributed by atoms with van der Waals surface area (Å²) in [4.78, 5) is 4.12. The molecule has 0 saturated carbocycles. The molecule has 0 atom stereocenters. The summed E-state index contributed by atoms with van der Waals surface area (Å²) < 4.78 is 7.45. The van der Waals surface area contributed by atoms with Crippen molar-refractivity contribution in [2.24, 2.45) is 0 Å². The zero-order valence-corrected chi connectivity index (χ0v) is 14.8. The monoisotopic (exact) mass is 354 g/mol. The normalized spacial score (nSPS) is 13.7. The van der Waals surface area contributed by atoms with Gasteiger partial charge in [0.25, 0.3) is 0 Å². The summed E-state index contributed by atoms with van der Waals surface area (Å²) in [6.07, 6.45) is 6.85. The van der Waals surface area contributed by atoms with Gasteiger partial charge in [0.15, 0.2) is 0 Å². The number of ether oxygens (including phenoxy) is 1. The second-order valence-corrected chi connectivity index (χ2v) is 6.46. The third kappa shape index (κ3) is 2.96. The molecule has 0 amide bonds. The highest BCUT2D eigenvalue weighted by atomic mass is 35.5. The maximum Gasteiger partial charge on any atom is 0.144 e. The highest BCUT2D eigenvalue weighted by Crippen LogP contribution is 2.36.